The van der Waals surface area contributed by atoms with Crippen molar-refractivity contribution in [2.75, 3.05) is 26.3 Å². The molecule has 138 valence electrons. The van der Waals surface area contributed by atoms with Gasteiger partial charge in [0.05, 0.1) is 12.5 Å². The molecule has 2 aromatic rings. The second-order valence-corrected chi connectivity index (χ2v) is 7.56. The Morgan fingerprint density at radius 2 is 1.88 bits per heavy atom. The van der Waals surface area contributed by atoms with Crippen LogP contribution < -0.4 is 0 Å². The van der Waals surface area contributed by atoms with Crippen molar-refractivity contribution in [2.24, 2.45) is 11.3 Å². The fourth-order valence-corrected chi connectivity index (χ4v) is 4.41. The van der Waals surface area contributed by atoms with E-state index in [0.29, 0.717) is 19.8 Å². The Morgan fingerprint density at radius 1 is 1.19 bits per heavy atom. The molecule has 0 aliphatic carbocycles. The predicted octanol–water partition coefficient (Wildman–Crippen LogP) is 2.24. The molecule has 1 spiro atoms. The van der Waals surface area contributed by atoms with E-state index in [1.54, 1.807) is 6.20 Å². The number of likely N-dealkylation sites (tertiary alicyclic amines) is 1. The lowest BCUT2D eigenvalue weighted by atomic mass is 9.72. The molecule has 1 unspecified atom stereocenters. The first-order valence-corrected chi connectivity index (χ1v) is 9.23. The Labute approximate surface area is 153 Å². The summed E-state index contributed by atoms with van der Waals surface area (Å²) in [7, 11) is 0. The molecule has 2 fully saturated rings. The molecular formula is C20H25N3O3. The van der Waals surface area contributed by atoms with Crippen LogP contribution in [0.3, 0.4) is 0 Å². The molecule has 6 heteroatoms. The molecular weight excluding hydrogens is 330 g/mol. The molecule has 1 aromatic carbocycles. The molecule has 0 radical (unpaired) electrons. The first-order valence-electron chi connectivity index (χ1n) is 9.23. The lowest BCUT2D eigenvalue weighted by Crippen LogP contribution is -2.40. The molecule has 2 saturated heterocycles. The zero-order chi connectivity index (χ0) is 18.0. The summed E-state index contributed by atoms with van der Waals surface area (Å²) in [5.41, 5.74) is 2.31. The standard InChI is InChI=1S/C20H25N3O3/c24-19(25)18-14-22(15-20(18)6-10-26-11-7-20)12-16-2-4-17(5-3-16)13-23-9-1-8-21-23/h1-5,8-9,18H,6-7,10-15H2,(H,24,25). The van der Waals surface area contributed by atoms with Crippen molar-refractivity contribution >= 4 is 5.97 Å². The summed E-state index contributed by atoms with van der Waals surface area (Å²) in [6, 6.07) is 10.5. The summed E-state index contributed by atoms with van der Waals surface area (Å²) in [5.74, 6) is -0.950. The van der Waals surface area contributed by atoms with E-state index in [1.807, 2.05) is 16.9 Å². The second-order valence-electron chi connectivity index (χ2n) is 7.56. The van der Waals surface area contributed by atoms with Gasteiger partial charge in [-0.3, -0.25) is 14.4 Å². The first-order chi connectivity index (χ1) is 12.6. The predicted molar refractivity (Wildman–Crippen MR) is 96.7 cm³/mol. The van der Waals surface area contributed by atoms with E-state index in [0.717, 1.165) is 32.5 Å². The van der Waals surface area contributed by atoms with Crippen molar-refractivity contribution in [3.05, 3.63) is 53.9 Å². The van der Waals surface area contributed by atoms with Gasteiger partial charge in [-0.05, 0) is 30.0 Å². The number of hydrogen-bond acceptors (Lipinski definition) is 4. The van der Waals surface area contributed by atoms with Crippen LogP contribution >= 0.6 is 0 Å². The van der Waals surface area contributed by atoms with Gasteiger partial charge in [0.1, 0.15) is 0 Å². The minimum Gasteiger partial charge on any atom is -0.481 e. The molecule has 6 nitrogen and oxygen atoms in total. The van der Waals surface area contributed by atoms with Gasteiger partial charge in [0, 0.05) is 50.7 Å². The number of carboxylic acid groups (broad SMARTS) is 1. The monoisotopic (exact) mass is 355 g/mol. The summed E-state index contributed by atoms with van der Waals surface area (Å²) in [4.78, 5) is 14.1. The van der Waals surface area contributed by atoms with Gasteiger partial charge in [0.2, 0.25) is 0 Å². The van der Waals surface area contributed by atoms with Crippen LogP contribution in [0.1, 0.15) is 24.0 Å². The van der Waals surface area contributed by atoms with Gasteiger partial charge >= 0.3 is 5.97 Å². The van der Waals surface area contributed by atoms with Crippen molar-refractivity contribution in [1.82, 2.24) is 14.7 Å². The van der Waals surface area contributed by atoms with E-state index in [4.69, 9.17) is 4.74 Å². The van der Waals surface area contributed by atoms with Gasteiger partial charge in [-0.2, -0.15) is 5.10 Å². The molecule has 2 aliphatic rings. The molecule has 0 amide bonds. The molecule has 1 aromatic heterocycles. The Bertz CT molecular complexity index is 736. The zero-order valence-electron chi connectivity index (χ0n) is 14.9. The maximum atomic E-state index is 11.8. The quantitative estimate of drug-likeness (QED) is 0.891. The van der Waals surface area contributed by atoms with E-state index in [1.165, 1.54) is 11.1 Å². The van der Waals surface area contributed by atoms with Crippen LogP contribution in [0.15, 0.2) is 42.7 Å². The summed E-state index contributed by atoms with van der Waals surface area (Å²) < 4.78 is 7.38. The normalized spacial score (nSPS) is 22.7. The fraction of sp³-hybridized carbons (Fsp3) is 0.500. The highest BCUT2D eigenvalue weighted by Gasteiger charge is 2.50. The van der Waals surface area contributed by atoms with Gasteiger partial charge < -0.3 is 9.84 Å². The van der Waals surface area contributed by atoms with E-state index < -0.39 is 5.97 Å². The average molecular weight is 355 g/mol. The number of ether oxygens (including phenoxy) is 1. The van der Waals surface area contributed by atoms with Gasteiger partial charge in [-0.25, -0.2) is 0 Å². The highest BCUT2D eigenvalue weighted by atomic mass is 16.5. The molecule has 1 N–H and O–H groups in total. The van der Waals surface area contributed by atoms with Crippen molar-refractivity contribution in [3.8, 4) is 0 Å². The minimum absolute atomic E-state index is 0.121. The summed E-state index contributed by atoms with van der Waals surface area (Å²) in [5, 5.41) is 13.9. The number of carbonyl (C=O) groups is 1. The SMILES string of the molecule is O=C(O)C1CN(Cc2ccc(Cn3cccn3)cc2)CC12CCOCC2. The number of carboxylic acids is 1. The molecule has 3 heterocycles. The van der Waals surface area contributed by atoms with E-state index in [-0.39, 0.29) is 11.3 Å². The van der Waals surface area contributed by atoms with Gasteiger partial charge in [0.15, 0.2) is 0 Å². The molecule has 26 heavy (non-hydrogen) atoms. The number of rotatable bonds is 5. The van der Waals surface area contributed by atoms with Crippen LogP contribution in [-0.4, -0.2) is 52.1 Å². The van der Waals surface area contributed by atoms with Crippen molar-refractivity contribution in [1.29, 1.82) is 0 Å². The van der Waals surface area contributed by atoms with Crippen molar-refractivity contribution in [3.63, 3.8) is 0 Å². The van der Waals surface area contributed by atoms with E-state index in [9.17, 15) is 9.90 Å². The van der Waals surface area contributed by atoms with Crippen LogP contribution in [-0.2, 0) is 22.6 Å². The van der Waals surface area contributed by atoms with Crippen molar-refractivity contribution < 1.29 is 14.6 Å². The highest BCUT2D eigenvalue weighted by molar-refractivity contribution is 5.72. The van der Waals surface area contributed by atoms with Crippen LogP contribution in [0.2, 0.25) is 0 Å². The van der Waals surface area contributed by atoms with Crippen LogP contribution in [0, 0.1) is 11.3 Å². The lowest BCUT2D eigenvalue weighted by Gasteiger charge is -2.36. The third-order valence-electron chi connectivity index (χ3n) is 5.84. The summed E-state index contributed by atoms with van der Waals surface area (Å²) in [6.45, 7) is 4.40. The highest BCUT2D eigenvalue weighted by Crippen LogP contribution is 2.44. The topological polar surface area (TPSA) is 67.6 Å². The maximum absolute atomic E-state index is 11.8. The summed E-state index contributed by atoms with van der Waals surface area (Å²) in [6.07, 6.45) is 5.44. The van der Waals surface area contributed by atoms with Crippen LogP contribution in [0.25, 0.3) is 0 Å². The van der Waals surface area contributed by atoms with Crippen LogP contribution in [0.5, 0.6) is 0 Å². The smallest absolute Gasteiger partial charge is 0.308 e. The Balaban J connectivity index is 1.41. The first kappa shape index (κ1) is 17.2. The number of aromatic nitrogens is 2. The van der Waals surface area contributed by atoms with E-state index in [2.05, 4.69) is 34.3 Å². The molecule has 1 atom stereocenters. The third kappa shape index (κ3) is 3.52. The Morgan fingerprint density at radius 3 is 2.50 bits per heavy atom. The minimum atomic E-state index is -0.663. The van der Waals surface area contributed by atoms with Gasteiger partial charge in [-0.15, -0.1) is 0 Å². The molecule has 0 bridgehead atoms. The number of hydrogen-bond donors (Lipinski definition) is 1. The van der Waals surface area contributed by atoms with Gasteiger partial charge in [0.25, 0.3) is 0 Å². The zero-order valence-corrected chi connectivity index (χ0v) is 14.9. The Kier molecular flexibility index (Phi) is 4.78. The van der Waals surface area contributed by atoms with Gasteiger partial charge in [-0.1, -0.05) is 24.3 Å². The fourth-order valence-electron chi connectivity index (χ4n) is 4.41. The maximum Gasteiger partial charge on any atom is 0.308 e. The van der Waals surface area contributed by atoms with Crippen molar-refractivity contribution in [2.45, 2.75) is 25.9 Å². The number of nitrogens with zero attached hydrogens (tertiary/aromatic N) is 3. The van der Waals surface area contributed by atoms with E-state index >= 15 is 0 Å². The molecule has 2 aliphatic heterocycles. The summed E-state index contributed by atoms with van der Waals surface area (Å²) >= 11 is 0. The number of aliphatic carboxylic acids is 1. The van der Waals surface area contributed by atoms with Crippen LogP contribution in [0.4, 0.5) is 0 Å². The Hall–Kier alpha value is -2.18. The largest absolute Gasteiger partial charge is 0.481 e. The lowest BCUT2D eigenvalue weighted by molar-refractivity contribution is -0.147. The molecule has 4 rings (SSSR count). The number of benzene rings is 1. The second kappa shape index (κ2) is 7.21. The third-order valence-corrected chi connectivity index (χ3v) is 5.84. The molecule has 0 saturated carbocycles. The average Bonchev–Trinajstić information content (AvgIpc) is 3.26.